The van der Waals surface area contributed by atoms with Crippen LogP contribution in [0, 0.1) is 0 Å². The van der Waals surface area contributed by atoms with Crippen molar-refractivity contribution in [2.45, 2.75) is 26.4 Å². The molecule has 0 amide bonds. The van der Waals surface area contributed by atoms with E-state index in [1.807, 2.05) is 0 Å². The fraction of sp³-hybridized carbons (Fsp3) is 1.00. The Balaban J connectivity index is 0. The van der Waals surface area contributed by atoms with Crippen molar-refractivity contribution in [1.29, 1.82) is 0 Å². The van der Waals surface area contributed by atoms with E-state index >= 15 is 0 Å². The first-order chi connectivity index (χ1) is 2.00. The molecule has 0 aliphatic heterocycles. The van der Waals surface area contributed by atoms with Gasteiger partial charge in [-0.15, -0.1) is 0 Å². The third-order valence-electron chi connectivity index (χ3n) is 0. The number of hydrogen-bond donors (Lipinski definition) is 1. The summed E-state index contributed by atoms with van der Waals surface area (Å²) < 4.78 is 0. The van der Waals surface area contributed by atoms with E-state index in [1.54, 1.807) is 20.8 Å². The third kappa shape index (κ3) is 46.4. The second-order valence-electron chi connectivity index (χ2n) is 2.17. The van der Waals surface area contributed by atoms with Gasteiger partial charge in [0.1, 0.15) is 0 Å². The van der Waals surface area contributed by atoms with Crippen LogP contribution in [0.25, 0.3) is 0 Å². The minimum absolute atomic E-state index is 0. The molecule has 1 N–H and O–H groups in total. The van der Waals surface area contributed by atoms with E-state index in [4.69, 9.17) is 5.11 Å². The Morgan fingerprint density at radius 1 is 1.17 bits per heavy atom. The average molecular weight is 113 g/mol. The Labute approximate surface area is 81.6 Å². The summed E-state index contributed by atoms with van der Waals surface area (Å²) in [5, 5.41) is 8.52. The molecule has 0 saturated carbocycles. The molecule has 0 aromatic heterocycles. The van der Waals surface area contributed by atoms with E-state index in [0.29, 0.717) is 0 Å². The van der Waals surface area contributed by atoms with E-state index < -0.39 is 5.60 Å². The van der Waals surface area contributed by atoms with E-state index in [2.05, 4.69) is 0 Å². The molecule has 0 aromatic rings. The zero-order valence-corrected chi connectivity index (χ0v) is 8.07. The Morgan fingerprint density at radius 3 is 1.17 bits per heavy atom. The van der Waals surface area contributed by atoms with Gasteiger partial charge in [0.2, 0.25) is 0 Å². The van der Waals surface area contributed by atoms with Crippen LogP contribution in [0.4, 0.5) is 0 Å². The summed E-state index contributed by atoms with van der Waals surface area (Å²) in [5.74, 6) is 0. The van der Waals surface area contributed by atoms with Crippen molar-refractivity contribution in [1.82, 2.24) is 0 Å². The Kier molecular flexibility index (Phi) is 6.30. The summed E-state index contributed by atoms with van der Waals surface area (Å²) in [5.41, 5.74) is -0.500. The van der Waals surface area contributed by atoms with E-state index in [1.165, 1.54) is 0 Å². The molecule has 0 spiro atoms. The Hall–Kier alpha value is 1.60. The molecule has 32 valence electrons. The van der Waals surface area contributed by atoms with Crippen LogP contribution in [0.3, 0.4) is 0 Å². The van der Waals surface area contributed by atoms with E-state index in [-0.39, 0.29) is 51.4 Å². The zero-order valence-electron chi connectivity index (χ0n) is 4.95. The number of hydrogen-bond acceptors (Lipinski definition) is 1. The molecule has 0 bridgehead atoms. The molecule has 0 aromatic carbocycles. The molecule has 0 aliphatic rings. The van der Waals surface area contributed by atoms with Crippen LogP contribution in [0.1, 0.15) is 20.8 Å². The van der Waals surface area contributed by atoms with Crippen LogP contribution >= 0.6 is 0 Å². The molecular weight excluding hydrogens is 103 g/mol. The zero-order chi connectivity index (χ0) is 4.50. The molecule has 0 saturated heterocycles. The summed E-state index contributed by atoms with van der Waals surface area (Å²) in [4.78, 5) is 0. The summed E-state index contributed by atoms with van der Waals surface area (Å²) >= 11 is 0. The predicted molar refractivity (Wildman–Crippen MR) is 22.0 cm³/mol. The third-order valence-corrected chi connectivity index (χ3v) is 0. The summed E-state index contributed by atoms with van der Waals surface area (Å²) in [6.07, 6.45) is 0. The molecule has 0 radical (unpaired) electrons. The topological polar surface area (TPSA) is 20.2 Å². The van der Waals surface area contributed by atoms with Gasteiger partial charge < -0.3 is 5.11 Å². The molecule has 1 nitrogen and oxygen atoms in total. The largest absolute Gasteiger partial charge is 1.00 e. The van der Waals surface area contributed by atoms with Gasteiger partial charge in [-0.05, 0) is 20.8 Å². The van der Waals surface area contributed by atoms with Crippen LogP contribution in [0.2, 0.25) is 0 Å². The number of aliphatic hydroxyl groups is 1. The molecule has 0 fully saturated rings. The first kappa shape index (κ1) is 10.6. The molecule has 0 atom stereocenters. The Bertz CT molecular complexity index is 23.0. The second kappa shape index (κ2) is 3.58. The van der Waals surface area contributed by atoms with Crippen molar-refractivity contribution in [3.8, 4) is 0 Å². The maximum atomic E-state index is 8.52. The van der Waals surface area contributed by atoms with Crippen LogP contribution < -0.4 is 51.4 Å². The van der Waals surface area contributed by atoms with Crippen LogP contribution in [-0.4, -0.2) is 10.7 Å². The molecule has 2 heteroatoms. The predicted octanol–water partition coefficient (Wildman–Crippen LogP) is -2.22. The summed E-state index contributed by atoms with van der Waals surface area (Å²) in [6, 6.07) is 0. The smallest absolute Gasteiger partial charge is 0.391 e. The van der Waals surface area contributed by atoms with Gasteiger partial charge in [-0.2, -0.15) is 0 Å². The van der Waals surface area contributed by atoms with Gasteiger partial charge in [-0.3, -0.25) is 0 Å². The standard InChI is InChI=1S/C4H10O.K/c1-4(2,3)5;/h5H,1-3H3;/q;+1. The maximum absolute atomic E-state index is 8.52. The van der Waals surface area contributed by atoms with Crippen molar-refractivity contribution < 1.29 is 56.5 Å². The van der Waals surface area contributed by atoms with Crippen LogP contribution in [0.5, 0.6) is 0 Å². The van der Waals surface area contributed by atoms with Crippen LogP contribution in [0.15, 0.2) is 0 Å². The van der Waals surface area contributed by atoms with Crippen molar-refractivity contribution in [3.63, 3.8) is 0 Å². The van der Waals surface area contributed by atoms with Gasteiger partial charge in [-0.25, -0.2) is 0 Å². The summed E-state index contributed by atoms with van der Waals surface area (Å²) in [7, 11) is 0. The second-order valence-corrected chi connectivity index (χ2v) is 2.17. The van der Waals surface area contributed by atoms with Crippen LogP contribution in [-0.2, 0) is 0 Å². The Morgan fingerprint density at radius 2 is 1.17 bits per heavy atom. The summed E-state index contributed by atoms with van der Waals surface area (Å²) in [6.45, 7) is 5.23. The van der Waals surface area contributed by atoms with E-state index in [9.17, 15) is 0 Å². The van der Waals surface area contributed by atoms with E-state index in [0.717, 1.165) is 0 Å². The minimum Gasteiger partial charge on any atom is -0.391 e. The van der Waals surface area contributed by atoms with Crippen molar-refractivity contribution in [2.24, 2.45) is 0 Å². The van der Waals surface area contributed by atoms with Crippen molar-refractivity contribution in [2.75, 3.05) is 0 Å². The quantitative estimate of drug-likeness (QED) is 0.353. The van der Waals surface area contributed by atoms with Gasteiger partial charge in [0, 0.05) is 0 Å². The van der Waals surface area contributed by atoms with Gasteiger partial charge in [0.15, 0.2) is 0 Å². The maximum Gasteiger partial charge on any atom is 1.00 e. The fourth-order valence-corrected chi connectivity index (χ4v) is 0. The van der Waals surface area contributed by atoms with Crippen molar-refractivity contribution in [3.05, 3.63) is 0 Å². The first-order valence-electron chi connectivity index (χ1n) is 1.72. The first-order valence-corrected chi connectivity index (χ1v) is 1.72. The van der Waals surface area contributed by atoms with Gasteiger partial charge in [0.25, 0.3) is 0 Å². The molecule has 0 heterocycles. The minimum atomic E-state index is -0.500. The van der Waals surface area contributed by atoms with Gasteiger partial charge in [0.05, 0.1) is 5.60 Å². The molecule has 0 unspecified atom stereocenters. The molecular formula is C4H10KO+. The monoisotopic (exact) mass is 113 g/mol. The normalized spacial score (nSPS) is 10.0. The fourth-order valence-electron chi connectivity index (χ4n) is 0. The molecule has 0 rings (SSSR count). The van der Waals surface area contributed by atoms with Gasteiger partial charge >= 0.3 is 51.4 Å². The van der Waals surface area contributed by atoms with Crippen molar-refractivity contribution >= 4 is 0 Å². The SMILES string of the molecule is CC(C)(C)O.[K+]. The molecule has 6 heavy (non-hydrogen) atoms. The molecule has 0 aliphatic carbocycles. The average Bonchev–Trinajstić information content (AvgIpc) is 0.722. The number of rotatable bonds is 0. The van der Waals surface area contributed by atoms with Gasteiger partial charge in [-0.1, -0.05) is 0 Å².